The first-order valence-corrected chi connectivity index (χ1v) is 8.26. The molecule has 0 spiro atoms. The molecular formula is C16H35N3. The fraction of sp³-hybridized carbons (Fsp3) is 1.00. The van der Waals surface area contributed by atoms with Crippen LogP contribution in [0.15, 0.2) is 0 Å². The van der Waals surface area contributed by atoms with Crippen LogP contribution in [-0.2, 0) is 0 Å². The maximum atomic E-state index is 5.70. The van der Waals surface area contributed by atoms with Crippen LogP contribution in [0.1, 0.15) is 51.9 Å². The zero-order valence-electron chi connectivity index (χ0n) is 13.4. The van der Waals surface area contributed by atoms with Crippen LogP contribution in [0.5, 0.6) is 0 Å². The third-order valence-electron chi connectivity index (χ3n) is 4.65. The molecule has 1 fully saturated rings. The van der Waals surface area contributed by atoms with Crippen LogP contribution in [0.3, 0.4) is 0 Å². The quantitative estimate of drug-likeness (QED) is 0.698. The summed E-state index contributed by atoms with van der Waals surface area (Å²) < 4.78 is 0. The van der Waals surface area contributed by atoms with Gasteiger partial charge in [0.1, 0.15) is 0 Å². The largest absolute Gasteiger partial charge is 0.330 e. The minimum atomic E-state index is 0.807. The standard InChI is InChI=1S/C16H35N3/c1-4-6-15(8-11-17)7-5-12-19-13-9-16(10-14-19)18(2)3/h15-16H,4-14,17H2,1-3H3. The fourth-order valence-electron chi connectivity index (χ4n) is 3.34. The molecule has 0 amide bonds. The van der Waals surface area contributed by atoms with E-state index in [1.54, 1.807) is 0 Å². The monoisotopic (exact) mass is 269 g/mol. The highest BCUT2D eigenvalue weighted by atomic mass is 15.2. The van der Waals surface area contributed by atoms with Crippen molar-refractivity contribution in [3.05, 3.63) is 0 Å². The van der Waals surface area contributed by atoms with Crippen molar-refractivity contribution < 1.29 is 0 Å². The van der Waals surface area contributed by atoms with E-state index in [0.29, 0.717) is 0 Å². The van der Waals surface area contributed by atoms with Crippen LogP contribution in [0, 0.1) is 5.92 Å². The Bertz CT molecular complexity index is 204. The highest BCUT2D eigenvalue weighted by Crippen LogP contribution is 2.19. The molecule has 1 aliphatic rings. The maximum absolute atomic E-state index is 5.70. The molecule has 0 bridgehead atoms. The van der Waals surface area contributed by atoms with Crippen molar-refractivity contribution in [1.82, 2.24) is 9.80 Å². The Hall–Kier alpha value is -0.120. The number of piperidine rings is 1. The normalized spacial score (nSPS) is 20.1. The Kier molecular flexibility index (Phi) is 8.67. The average Bonchev–Trinajstić information content (AvgIpc) is 2.40. The van der Waals surface area contributed by atoms with Gasteiger partial charge in [0.25, 0.3) is 0 Å². The van der Waals surface area contributed by atoms with Gasteiger partial charge >= 0.3 is 0 Å². The maximum Gasteiger partial charge on any atom is 0.0113 e. The molecule has 1 rings (SSSR count). The topological polar surface area (TPSA) is 32.5 Å². The van der Waals surface area contributed by atoms with E-state index in [4.69, 9.17) is 5.73 Å². The summed E-state index contributed by atoms with van der Waals surface area (Å²) in [5, 5.41) is 0. The van der Waals surface area contributed by atoms with E-state index in [2.05, 4.69) is 30.8 Å². The zero-order valence-corrected chi connectivity index (χ0v) is 13.4. The van der Waals surface area contributed by atoms with Gasteiger partial charge < -0.3 is 15.5 Å². The lowest BCUT2D eigenvalue weighted by Gasteiger charge is -2.35. The predicted molar refractivity (Wildman–Crippen MR) is 84.5 cm³/mol. The number of hydrogen-bond donors (Lipinski definition) is 1. The van der Waals surface area contributed by atoms with Gasteiger partial charge in [-0.05, 0) is 78.3 Å². The van der Waals surface area contributed by atoms with Crippen LogP contribution in [-0.4, -0.2) is 56.1 Å². The number of hydrogen-bond acceptors (Lipinski definition) is 3. The van der Waals surface area contributed by atoms with E-state index in [-0.39, 0.29) is 0 Å². The lowest BCUT2D eigenvalue weighted by molar-refractivity contribution is 0.141. The van der Waals surface area contributed by atoms with E-state index in [1.165, 1.54) is 64.6 Å². The van der Waals surface area contributed by atoms with Gasteiger partial charge in [0.2, 0.25) is 0 Å². The molecule has 0 radical (unpaired) electrons. The SMILES string of the molecule is CCCC(CCN)CCCN1CCC(N(C)C)CC1. The number of likely N-dealkylation sites (tertiary alicyclic amines) is 1. The Labute approximate surface area is 120 Å². The summed E-state index contributed by atoms with van der Waals surface area (Å²) >= 11 is 0. The molecule has 2 N–H and O–H groups in total. The summed E-state index contributed by atoms with van der Waals surface area (Å²) in [6, 6.07) is 0.807. The van der Waals surface area contributed by atoms with E-state index in [0.717, 1.165) is 18.5 Å². The van der Waals surface area contributed by atoms with Crippen LogP contribution in [0.2, 0.25) is 0 Å². The Morgan fingerprint density at radius 2 is 1.84 bits per heavy atom. The zero-order chi connectivity index (χ0) is 14.1. The molecule has 1 aliphatic heterocycles. The third kappa shape index (κ3) is 6.73. The first kappa shape index (κ1) is 16.9. The molecule has 1 unspecified atom stereocenters. The lowest BCUT2D eigenvalue weighted by atomic mass is 9.94. The van der Waals surface area contributed by atoms with Crippen LogP contribution >= 0.6 is 0 Å². The van der Waals surface area contributed by atoms with Crippen molar-refractivity contribution in [2.45, 2.75) is 57.9 Å². The second-order valence-electron chi connectivity index (χ2n) is 6.41. The molecular weight excluding hydrogens is 234 g/mol. The van der Waals surface area contributed by atoms with Crippen LogP contribution in [0.25, 0.3) is 0 Å². The number of nitrogens with two attached hydrogens (primary N) is 1. The van der Waals surface area contributed by atoms with Crippen molar-refractivity contribution in [3.8, 4) is 0 Å². The number of nitrogens with zero attached hydrogens (tertiary/aromatic N) is 2. The smallest absolute Gasteiger partial charge is 0.0113 e. The summed E-state index contributed by atoms with van der Waals surface area (Å²) in [5.74, 6) is 0.870. The number of rotatable bonds is 9. The summed E-state index contributed by atoms with van der Waals surface area (Å²) in [7, 11) is 4.42. The minimum Gasteiger partial charge on any atom is -0.330 e. The fourth-order valence-corrected chi connectivity index (χ4v) is 3.34. The van der Waals surface area contributed by atoms with Crippen LogP contribution in [0.4, 0.5) is 0 Å². The second kappa shape index (κ2) is 9.73. The Morgan fingerprint density at radius 1 is 1.16 bits per heavy atom. The molecule has 0 saturated carbocycles. The van der Waals surface area contributed by atoms with Gasteiger partial charge in [-0.2, -0.15) is 0 Å². The van der Waals surface area contributed by atoms with Gasteiger partial charge in [-0.3, -0.25) is 0 Å². The van der Waals surface area contributed by atoms with Crippen molar-refractivity contribution in [2.24, 2.45) is 11.7 Å². The van der Waals surface area contributed by atoms with Gasteiger partial charge in [0.05, 0.1) is 0 Å². The summed E-state index contributed by atoms with van der Waals surface area (Å²) in [4.78, 5) is 5.04. The van der Waals surface area contributed by atoms with E-state index < -0.39 is 0 Å². The third-order valence-corrected chi connectivity index (χ3v) is 4.65. The first-order valence-electron chi connectivity index (χ1n) is 8.26. The average molecular weight is 269 g/mol. The molecule has 1 atom stereocenters. The molecule has 0 aromatic rings. The molecule has 3 heteroatoms. The molecule has 0 aromatic heterocycles. The van der Waals surface area contributed by atoms with E-state index in [9.17, 15) is 0 Å². The van der Waals surface area contributed by atoms with Crippen LogP contribution < -0.4 is 5.73 Å². The van der Waals surface area contributed by atoms with Gasteiger partial charge in [0.15, 0.2) is 0 Å². The second-order valence-corrected chi connectivity index (χ2v) is 6.41. The minimum absolute atomic E-state index is 0.807. The van der Waals surface area contributed by atoms with Gasteiger partial charge in [0, 0.05) is 6.04 Å². The highest BCUT2D eigenvalue weighted by molar-refractivity contribution is 4.77. The molecule has 19 heavy (non-hydrogen) atoms. The molecule has 0 aliphatic carbocycles. The van der Waals surface area contributed by atoms with Gasteiger partial charge in [-0.1, -0.05) is 19.8 Å². The predicted octanol–water partition coefficient (Wildman–Crippen LogP) is 2.56. The highest BCUT2D eigenvalue weighted by Gasteiger charge is 2.20. The summed E-state index contributed by atoms with van der Waals surface area (Å²) in [6.45, 7) is 7.02. The van der Waals surface area contributed by atoms with E-state index in [1.807, 2.05) is 0 Å². The first-order chi connectivity index (χ1) is 9.17. The molecule has 114 valence electrons. The lowest BCUT2D eigenvalue weighted by Crippen LogP contribution is -2.42. The summed E-state index contributed by atoms with van der Waals surface area (Å²) in [5.41, 5.74) is 5.70. The Balaban J connectivity index is 2.12. The van der Waals surface area contributed by atoms with Crippen molar-refractivity contribution in [2.75, 3.05) is 40.3 Å². The molecule has 3 nitrogen and oxygen atoms in total. The van der Waals surface area contributed by atoms with Gasteiger partial charge in [-0.25, -0.2) is 0 Å². The molecule has 1 saturated heterocycles. The van der Waals surface area contributed by atoms with Crippen molar-refractivity contribution >= 4 is 0 Å². The van der Waals surface area contributed by atoms with Crippen molar-refractivity contribution in [1.29, 1.82) is 0 Å². The Morgan fingerprint density at radius 3 is 2.37 bits per heavy atom. The van der Waals surface area contributed by atoms with Gasteiger partial charge in [-0.15, -0.1) is 0 Å². The van der Waals surface area contributed by atoms with E-state index >= 15 is 0 Å². The molecule has 1 heterocycles. The summed E-state index contributed by atoms with van der Waals surface area (Å²) in [6.07, 6.45) is 9.30. The van der Waals surface area contributed by atoms with Crippen molar-refractivity contribution in [3.63, 3.8) is 0 Å². The molecule has 0 aromatic carbocycles.